The van der Waals surface area contributed by atoms with Gasteiger partial charge in [-0.25, -0.2) is 13.4 Å². The van der Waals surface area contributed by atoms with Gasteiger partial charge in [-0.3, -0.25) is 0 Å². The summed E-state index contributed by atoms with van der Waals surface area (Å²) in [4.78, 5) is 6.74. The number of nitrogens with one attached hydrogen (secondary N) is 1. The van der Waals surface area contributed by atoms with Crippen molar-refractivity contribution in [2.75, 3.05) is 6.54 Å². The molecule has 0 amide bonds. The topological polar surface area (TPSA) is 66.1 Å². The molecule has 1 aliphatic carbocycles. The Bertz CT molecular complexity index is 462. The summed E-state index contributed by atoms with van der Waals surface area (Å²) in [5.41, 5.74) is 0. The van der Waals surface area contributed by atoms with Crippen LogP contribution in [0.1, 0.15) is 32.0 Å². The van der Waals surface area contributed by atoms with Crippen LogP contribution in [0.2, 0.25) is 0 Å². The number of rotatable bonds is 5. The second-order valence-corrected chi connectivity index (χ2v) is 6.04. The van der Waals surface area contributed by atoms with Gasteiger partial charge in [0.25, 0.3) is 10.0 Å². The smallest absolute Gasteiger partial charge is 0.260 e. The van der Waals surface area contributed by atoms with Crippen molar-refractivity contribution in [2.24, 2.45) is 0 Å². The molecule has 1 aromatic rings. The van der Waals surface area contributed by atoms with Crippen LogP contribution in [0.25, 0.3) is 0 Å². The van der Waals surface area contributed by atoms with Crippen molar-refractivity contribution in [3.05, 3.63) is 12.0 Å². The standard InChI is InChI=1S/C10H17N3O2S/c1-3-6-13(9-4-5-9)16(14,15)10-7-11-8(2)12-10/h7,9H,3-6H2,1-2H3,(H,11,12). The quantitative estimate of drug-likeness (QED) is 0.847. The molecule has 6 heteroatoms. The van der Waals surface area contributed by atoms with Crippen LogP contribution in [-0.4, -0.2) is 35.3 Å². The molecular formula is C10H17N3O2S. The number of aromatic amines is 1. The molecule has 0 atom stereocenters. The average molecular weight is 243 g/mol. The van der Waals surface area contributed by atoms with Gasteiger partial charge in [0.1, 0.15) is 5.82 Å². The molecule has 1 N–H and O–H groups in total. The summed E-state index contributed by atoms with van der Waals surface area (Å²) in [5.74, 6) is 0.630. The summed E-state index contributed by atoms with van der Waals surface area (Å²) in [6.07, 6.45) is 4.19. The first kappa shape index (κ1) is 11.6. The Hall–Kier alpha value is -0.880. The van der Waals surface area contributed by atoms with Crippen LogP contribution in [0, 0.1) is 6.92 Å². The summed E-state index contributed by atoms with van der Waals surface area (Å²) in [6, 6.07) is 0.202. The molecule has 0 radical (unpaired) electrons. The number of hydrogen-bond acceptors (Lipinski definition) is 3. The number of nitrogens with zero attached hydrogens (tertiary/aromatic N) is 2. The van der Waals surface area contributed by atoms with Gasteiger partial charge in [-0.1, -0.05) is 6.92 Å². The molecule has 5 nitrogen and oxygen atoms in total. The molecule has 1 aromatic heterocycles. The Labute approximate surface area is 95.9 Å². The molecule has 0 unspecified atom stereocenters. The molecule has 0 saturated heterocycles. The van der Waals surface area contributed by atoms with Crippen molar-refractivity contribution in [2.45, 2.75) is 44.2 Å². The second-order valence-electron chi connectivity index (χ2n) is 4.18. The van der Waals surface area contributed by atoms with E-state index in [1.54, 1.807) is 11.2 Å². The summed E-state index contributed by atoms with van der Waals surface area (Å²) >= 11 is 0. The van der Waals surface area contributed by atoms with Gasteiger partial charge in [0.05, 0.1) is 6.20 Å². The Morgan fingerprint density at radius 2 is 2.25 bits per heavy atom. The maximum absolute atomic E-state index is 12.3. The molecule has 16 heavy (non-hydrogen) atoms. The normalized spacial score (nSPS) is 16.9. The molecule has 0 bridgehead atoms. The highest BCUT2D eigenvalue weighted by molar-refractivity contribution is 7.89. The third-order valence-electron chi connectivity index (χ3n) is 2.66. The first-order chi connectivity index (χ1) is 7.55. The number of imidazole rings is 1. The lowest BCUT2D eigenvalue weighted by molar-refractivity contribution is 0.401. The Morgan fingerprint density at radius 1 is 1.56 bits per heavy atom. The van der Waals surface area contributed by atoms with E-state index < -0.39 is 10.0 Å². The van der Waals surface area contributed by atoms with Gasteiger partial charge in [0, 0.05) is 12.6 Å². The zero-order valence-corrected chi connectivity index (χ0v) is 10.4. The number of H-pyrrole nitrogens is 1. The van der Waals surface area contributed by atoms with Gasteiger partial charge in [-0.2, -0.15) is 4.31 Å². The predicted octanol–water partition coefficient (Wildman–Crippen LogP) is 1.28. The van der Waals surface area contributed by atoms with E-state index in [9.17, 15) is 8.42 Å². The highest BCUT2D eigenvalue weighted by Crippen LogP contribution is 2.31. The van der Waals surface area contributed by atoms with Crippen LogP contribution >= 0.6 is 0 Å². The van der Waals surface area contributed by atoms with Crippen molar-refractivity contribution in [1.29, 1.82) is 0 Å². The fraction of sp³-hybridized carbons (Fsp3) is 0.700. The summed E-state index contributed by atoms with van der Waals surface area (Å²) in [7, 11) is -3.36. The third-order valence-corrected chi connectivity index (χ3v) is 4.53. The molecule has 0 aliphatic heterocycles. The van der Waals surface area contributed by atoms with Crippen molar-refractivity contribution in [3.8, 4) is 0 Å². The third kappa shape index (κ3) is 2.12. The van der Waals surface area contributed by atoms with E-state index in [0.717, 1.165) is 19.3 Å². The van der Waals surface area contributed by atoms with Crippen molar-refractivity contribution in [1.82, 2.24) is 14.3 Å². The van der Waals surface area contributed by atoms with Crippen LogP contribution in [0.3, 0.4) is 0 Å². The average Bonchev–Trinajstić information content (AvgIpc) is 2.96. The van der Waals surface area contributed by atoms with Crippen LogP contribution in [0.5, 0.6) is 0 Å². The molecule has 1 aliphatic rings. The lowest BCUT2D eigenvalue weighted by atomic mass is 10.5. The number of sulfonamides is 1. The number of aryl methyl sites for hydroxylation is 1. The minimum absolute atomic E-state index is 0.202. The minimum atomic E-state index is -3.36. The van der Waals surface area contributed by atoms with E-state index in [1.165, 1.54) is 6.20 Å². The van der Waals surface area contributed by atoms with Crippen LogP contribution < -0.4 is 0 Å². The van der Waals surface area contributed by atoms with Gasteiger partial charge in [-0.15, -0.1) is 0 Å². The van der Waals surface area contributed by atoms with E-state index in [0.29, 0.717) is 12.4 Å². The largest absolute Gasteiger partial charge is 0.332 e. The molecule has 2 rings (SSSR count). The monoisotopic (exact) mass is 243 g/mol. The van der Waals surface area contributed by atoms with Crippen LogP contribution in [0.15, 0.2) is 11.2 Å². The van der Waals surface area contributed by atoms with E-state index in [-0.39, 0.29) is 11.1 Å². The molecule has 1 saturated carbocycles. The summed E-state index contributed by atoms with van der Waals surface area (Å²) < 4.78 is 26.1. The first-order valence-electron chi connectivity index (χ1n) is 5.59. The van der Waals surface area contributed by atoms with Gasteiger partial charge in [0.15, 0.2) is 5.03 Å². The van der Waals surface area contributed by atoms with Crippen molar-refractivity contribution in [3.63, 3.8) is 0 Å². The summed E-state index contributed by atoms with van der Waals surface area (Å²) in [6.45, 7) is 4.33. The number of hydrogen-bond donors (Lipinski definition) is 1. The Kier molecular flexibility index (Phi) is 3.03. The van der Waals surface area contributed by atoms with Crippen LogP contribution in [0.4, 0.5) is 0 Å². The van der Waals surface area contributed by atoms with Gasteiger partial charge >= 0.3 is 0 Å². The predicted molar refractivity (Wildman–Crippen MR) is 60.5 cm³/mol. The Balaban J connectivity index is 2.28. The fourth-order valence-electron chi connectivity index (χ4n) is 1.74. The van der Waals surface area contributed by atoms with Gasteiger partial charge < -0.3 is 4.98 Å². The maximum Gasteiger partial charge on any atom is 0.260 e. The minimum Gasteiger partial charge on any atom is -0.332 e. The van der Waals surface area contributed by atoms with Gasteiger partial charge in [-0.05, 0) is 26.2 Å². The maximum atomic E-state index is 12.3. The molecule has 1 heterocycles. The fourth-order valence-corrected chi connectivity index (χ4v) is 3.48. The highest BCUT2D eigenvalue weighted by atomic mass is 32.2. The molecule has 90 valence electrons. The van der Waals surface area contributed by atoms with E-state index in [1.807, 2.05) is 6.92 Å². The molecule has 0 spiro atoms. The zero-order chi connectivity index (χ0) is 11.8. The van der Waals surface area contributed by atoms with E-state index in [2.05, 4.69) is 9.97 Å². The zero-order valence-electron chi connectivity index (χ0n) is 9.60. The summed E-state index contributed by atoms with van der Waals surface area (Å²) in [5, 5.41) is 0.213. The molecule has 0 aromatic carbocycles. The first-order valence-corrected chi connectivity index (χ1v) is 7.03. The molecule has 1 fully saturated rings. The second kappa shape index (κ2) is 4.18. The van der Waals surface area contributed by atoms with Gasteiger partial charge in [0.2, 0.25) is 0 Å². The van der Waals surface area contributed by atoms with Crippen LogP contribution in [-0.2, 0) is 10.0 Å². The van der Waals surface area contributed by atoms with Crippen molar-refractivity contribution < 1.29 is 8.42 Å². The highest BCUT2D eigenvalue weighted by Gasteiger charge is 2.38. The van der Waals surface area contributed by atoms with Crippen molar-refractivity contribution >= 4 is 10.0 Å². The lowest BCUT2D eigenvalue weighted by Gasteiger charge is -2.19. The number of aromatic nitrogens is 2. The Morgan fingerprint density at radius 3 is 2.69 bits per heavy atom. The lowest BCUT2D eigenvalue weighted by Crippen LogP contribution is -2.34. The SMILES string of the molecule is CCCN(C1CC1)S(=O)(=O)c1cnc(C)[nH]1. The molecular weight excluding hydrogens is 226 g/mol. The van der Waals surface area contributed by atoms with E-state index >= 15 is 0 Å². The van der Waals surface area contributed by atoms with E-state index in [4.69, 9.17) is 0 Å².